The summed E-state index contributed by atoms with van der Waals surface area (Å²) >= 11 is 1.90. The number of hydrogen-bond acceptors (Lipinski definition) is 4. The SMILES string of the molecule is CC[C@H]1CSC2=N[C@H](c3ccccn3)[C@@H](c3ccc(C)n3CC)N21. The van der Waals surface area contributed by atoms with Crippen molar-refractivity contribution in [2.45, 2.75) is 51.9 Å². The maximum atomic E-state index is 5.09. The lowest BCUT2D eigenvalue weighted by molar-refractivity contribution is 0.245. The Morgan fingerprint density at radius 1 is 1.21 bits per heavy atom. The maximum absolute atomic E-state index is 5.09. The number of fused-ring (bicyclic) bond motifs is 1. The summed E-state index contributed by atoms with van der Waals surface area (Å²) in [5, 5.41) is 1.20. The zero-order valence-corrected chi connectivity index (χ0v) is 15.3. The number of aliphatic imine (C=N–C) groups is 1. The second-order valence-electron chi connectivity index (χ2n) is 6.48. The molecule has 1 fully saturated rings. The van der Waals surface area contributed by atoms with Gasteiger partial charge in [-0.2, -0.15) is 0 Å². The molecule has 3 atom stereocenters. The van der Waals surface area contributed by atoms with Gasteiger partial charge < -0.3 is 9.47 Å². The van der Waals surface area contributed by atoms with E-state index in [0.717, 1.165) is 24.4 Å². The van der Waals surface area contributed by atoms with Crippen LogP contribution in [-0.4, -0.2) is 31.4 Å². The molecule has 4 nitrogen and oxygen atoms in total. The Morgan fingerprint density at radius 3 is 2.79 bits per heavy atom. The van der Waals surface area contributed by atoms with Crippen LogP contribution in [0, 0.1) is 6.92 Å². The number of aryl methyl sites for hydroxylation is 1. The van der Waals surface area contributed by atoms with Crippen LogP contribution in [0.4, 0.5) is 0 Å². The van der Waals surface area contributed by atoms with Crippen LogP contribution in [0.15, 0.2) is 41.5 Å². The molecule has 0 N–H and O–H groups in total. The molecule has 24 heavy (non-hydrogen) atoms. The normalized spacial score (nSPS) is 25.9. The monoisotopic (exact) mass is 340 g/mol. The highest BCUT2D eigenvalue weighted by molar-refractivity contribution is 8.14. The van der Waals surface area contributed by atoms with E-state index in [4.69, 9.17) is 4.99 Å². The van der Waals surface area contributed by atoms with Crippen LogP contribution in [0.3, 0.4) is 0 Å². The summed E-state index contributed by atoms with van der Waals surface area (Å²) in [6.45, 7) is 7.69. The van der Waals surface area contributed by atoms with E-state index in [0.29, 0.717) is 6.04 Å². The highest BCUT2D eigenvalue weighted by atomic mass is 32.2. The third kappa shape index (κ3) is 2.37. The lowest BCUT2D eigenvalue weighted by atomic mass is 9.99. The van der Waals surface area contributed by atoms with Gasteiger partial charge in [0.15, 0.2) is 5.17 Å². The molecule has 2 aromatic heterocycles. The van der Waals surface area contributed by atoms with E-state index in [1.165, 1.54) is 16.6 Å². The van der Waals surface area contributed by atoms with Gasteiger partial charge in [0, 0.05) is 35.9 Å². The lowest BCUT2D eigenvalue weighted by Gasteiger charge is -2.32. The summed E-state index contributed by atoms with van der Waals surface area (Å²) in [4.78, 5) is 12.3. The van der Waals surface area contributed by atoms with Gasteiger partial charge in [0.1, 0.15) is 6.04 Å². The van der Waals surface area contributed by atoms with Gasteiger partial charge in [-0.15, -0.1) is 0 Å². The van der Waals surface area contributed by atoms with Crippen molar-refractivity contribution in [3.8, 4) is 0 Å². The Hall–Kier alpha value is -1.75. The van der Waals surface area contributed by atoms with Crippen LogP contribution in [0.25, 0.3) is 0 Å². The molecule has 0 radical (unpaired) electrons. The molecular formula is C19H24N4S. The predicted octanol–water partition coefficient (Wildman–Crippen LogP) is 4.19. The molecule has 126 valence electrons. The van der Waals surface area contributed by atoms with Gasteiger partial charge in [0.25, 0.3) is 0 Å². The first-order valence-corrected chi connectivity index (χ1v) is 9.79. The van der Waals surface area contributed by atoms with Gasteiger partial charge in [0.05, 0.1) is 11.7 Å². The van der Waals surface area contributed by atoms with Crippen LogP contribution in [-0.2, 0) is 6.54 Å². The fourth-order valence-electron chi connectivity index (χ4n) is 3.95. The molecule has 0 amide bonds. The second-order valence-corrected chi connectivity index (χ2v) is 7.47. The molecule has 0 aliphatic carbocycles. The van der Waals surface area contributed by atoms with Crippen molar-refractivity contribution in [3.63, 3.8) is 0 Å². The van der Waals surface area contributed by atoms with Crippen molar-refractivity contribution < 1.29 is 0 Å². The summed E-state index contributed by atoms with van der Waals surface area (Å²) in [5.41, 5.74) is 3.76. The summed E-state index contributed by atoms with van der Waals surface area (Å²) < 4.78 is 2.43. The minimum atomic E-state index is 0.0858. The van der Waals surface area contributed by atoms with E-state index < -0.39 is 0 Å². The van der Waals surface area contributed by atoms with Crippen LogP contribution < -0.4 is 0 Å². The van der Waals surface area contributed by atoms with Crippen molar-refractivity contribution in [3.05, 3.63) is 53.6 Å². The lowest BCUT2D eigenvalue weighted by Crippen LogP contribution is -2.36. The fraction of sp³-hybridized carbons (Fsp3) is 0.474. The van der Waals surface area contributed by atoms with Crippen molar-refractivity contribution in [1.29, 1.82) is 0 Å². The van der Waals surface area contributed by atoms with Gasteiger partial charge in [-0.1, -0.05) is 24.8 Å². The summed E-state index contributed by atoms with van der Waals surface area (Å²) in [6.07, 6.45) is 3.04. The van der Waals surface area contributed by atoms with Crippen LogP contribution in [0.1, 0.15) is 49.4 Å². The van der Waals surface area contributed by atoms with Crippen LogP contribution in [0.5, 0.6) is 0 Å². The molecule has 0 bridgehead atoms. The number of thioether (sulfide) groups is 1. The number of nitrogens with zero attached hydrogens (tertiary/aromatic N) is 4. The third-order valence-corrected chi connectivity index (χ3v) is 6.31. The largest absolute Gasteiger partial charge is 0.347 e. The van der Waals surface area contributed by atoms with Gasteiger partial charge >= 0.3 is 0 Å². The first-order chi connectivity index (χ1) is 11.7. The molecule has 2 aliphatic heterocycles. The molecule has 1 saturated heterocycles. The Kier molecular flexibility index (Phi) is 4.12. The maximum Gasteiger partial charge on any atom is 0.160 e. The Balaban J connectivity index is 1.82. The minimum absolute atomic E-state index is 0.0858. The summed E-state index contributed by atoms with van der Waals surface area (Å²) in [6, 6.07) is 11.6. The molecule has 2 aliphatic rings. The van der Waals surface area contributed by atoms with Gasteiger partial charge in [-0.3, -0.25) is 9.98 Å². The molecule has 0 aromatic carbocycles. The number of amidine groups is 1. The second kappa shape index (κ2) is 6.28. The van der Waals surface area contributed by atoms with Gasteiger partial charge in [0.2, 0.25) is 0 Å². The van der Waals surface area contributed by atoms with E-state index in [1.807, 2.05) is 24.0 Å². The minimum Gasteiger partial charge on any atom is -0.347 e. The number of rotatable bonds is 4. The summed E-state index contributed by atoms with van der Waals surface area (Å²) in [7, 11) is 0. The highest BCUT2D eigenvalue weighted by Crippen LogP contribution is 2.48. The average Bonchev–Trinajstić information content (AvgIpc) is 3.28. The molecule has 0 saturated carbocycles. The summed E-state index contributed by atoms with van der Waals surface area (Å²) in [5.74, 6) is 1.15. The van der Waals surface area contributed by atoms with Crippen molar-refractivity contribution in [2.24, 2.45) is 4.99 Å². The Bertz CT molecular complexity index is 752. The number of pyridine rings is 1. The molecular weight excluding hydrogens is 316 g/mol. The van der Waals surface area contributed by atoms with Crippen molar-refractivity contribution in [1.82, 2.24) is 14.5 Å². The van der Waals surface area contributed by atoms with Gasteiger partial charge in [-0.25, -0.2) is 0 Å². The van der Waals surface area contributed by atoms with Crippen LogP contribution >= 0.6 is 11.8 Å². The Morgan fingerprint density at radius 2 is 2.08 bits per heavy atom. The first kappa shape index (κ1) is 15.8. The Labute approximate surface area is 148 Å². The third-order valence-electron chi connectivity index (χ3n) is 5.18. The molecule has 0 spiro atoms. The van der Waals surface area contributed by atoms with E-state index in [1.54, 1.807) is 0 Å². The number of aromatic nitrogens is 2. The van der Waals surface area contributed by atoms with E-state index >= 15 is 0 Å². The smallest absolute Gasteiger partial charge is 0.160 e. The standard InChI is InChI=1S/C19H24N4S/c1-4-14-12-24-19-21-17(15-8-6-7-11-20-15)18(23(14)19)16-10-9-13(3)22(16)5-2/h6-11,14,17-18H,4-5,12H2,1-3H3/t14-,17+,18+/m0/s1. The zero-order chi connectivity index (χ0) is 16.7. The van der Waals surface area contributed by atoms with E-state index in [9.17, 15) is 0 Å². The van der Waals surface area contributed by atoms with Crippen molar-refractivity contribution in [2.75, 3.05) is 5.75 Å². The van der Waals surface area contributed by atoms with E-state index in [2.05, 4.69) is 59.5 Å². The molecule has 5 heteroatoms. The fourth-order valence-corrected chi connectivity index (χ4v) is 5.29. The van der Waals surface area contributed by atoms with Gasteiger partial charge in [-0.05, 0) is 44.5 Å². The highest BCUT2D eigenvalue weighted by Gasteiger charge is 2.46. The van der Waals surface area contributed by atoms with Crippen LogP contribution in [0.2, 0.25) is 0 Å². The average molecular weight is 340 g/mol. The predicted molar refractivity (Wildman–Crippen MR) is 100 cm³/mol. The van der Waals surface area contributed by atoms with E-state index in [-0.39, 0.29) is 12.1 Å². The first-order valence-electron chi connectivity index (χ1n) is 8.80. The molecule has 4 heterocycles. The number of hydrogen-bond donors (Lipinski definition) is 0. The molecule has 0 unspecified atom stereocenters. The molecule has 2 aromatic rings. The molecule has 4 rings (SSSR count). The zero-order valence-electron chi connectivity index (χ0n) is 14.5. The van der Waals surface area contributed by atoms with Crippen molar-refractivity contribution >= 4 is 16.9 Å². The quantitative estimate of drug-likeness (QED) is 0.837. The topological polar surface area (TPSA) is 33.4 Å².